The van der Waals surface area contributed by atoms with Crippen molar-refractivity contribution in [1.29, 1.82) is 0 Å². The van der Waals surface area contributed by atoms with E-state index in [9.17, 15) is 9.18 Å². The van der Waals surface area contributed by atoms with Crippen molar-refractivity contribution in [2.24, 2.45) is 0 Å². The van der Waals surface area contributed by atoms with Crippen LogP contribution in [0.5, 0.6) is 5.75 Å². The van der Waals surface area contributed by atoms with Gasteiger partial charge in [0.25, 0.3) is 0 Å². The molecule has 1 aromatic carbocycles. The minimum Gasteiger partial charge on any atom is -0.490 e. The molecule has 0 bridgehead atoms. The minimum atomic E-state index is -0.298. The van der Waals surface area contributed by atoms with Crippen LogP contribution in [0.2, 0.25) is 0 Å². The average Bonchev–Trinajstić information content (AvgIpc) is 2.41. The highest BCUT2D eigenvalue weighted by atomic mass is 19.1. The molecule has 1 saturated carbocycles. The van der Waals surface area contributed by atoms with Crippen molar-refractivity contribution in [1.82, 2.24) is 5.32 Å². The SMILES string of the molecule is CCC(=O)CCc1cc(F)cc(O[C@H]2C[C@@H](NC(C)C)C2)c1. The van der Waals surface area contributed by atoms with Crippen LogP contribution in [-0.2, 0) is 11.2 Å². The molecule has 0 heterocycles. The zero-order chi connectivity index (χ0) is 16.1. The normalized spacial score (nSPS) is 20.8. The van der Waals surface area contributed by atoms with Gasteiger partial charge in [-0.15, -0.1) is 0 Å². The highest BCUT2D eigenvalue weighted by molar-refractivity contribution is 5.78. The van der Waals surface area contributed by atoms with Crippen LogP contribution in [-0.4, -0.2) is 24.0 Å². The molecule has 122 valence electrons. The van der Waals surface area contributed by atoms with E-state index in [1.165, 1.54) is 12.1 Å². The lowest BCUT2D eigenvalue weighted by atomic mass is 9.88. The second-order valence-corrected chi connectivity index (χ2v) is 6.42. The Morgan fingerprint density at radius 3 is 2.73 bits per heavy atom. The van der Waals surface area contributed by atoms with Gasteiger partial charge in [-0.05, 0) is 37.0 Å². The number of carbonyl (C=O) groups is 1. The Bertz CT molecular complexity index is 510. The number of Topliss-reactive ketones (excluding diaryl/α,β-unsaturated/α-hetero) is 1. The van der Waals surface area contributed by atoms with Crippen molar-refractivity contribution in [3.05, 3.63) is 29.6 Å². The fourth-order valence-electron chi connectivity index (χ4n) is 2.76. The number of carbonyl (C=O) groups excluding carboxylic acids is 1. The van der Waals surface area contributed by atoms with Crippen molar-refractivity contribution in [3.8, 4) is 5.75 Å². The van der Waals surface area contributed by atoms with Crippen LogP contribution in [0.25, 0.3) is 0 Å². The molecule has 0 atom stereocenters. The first-order valence-electron chi connectivity index (χ1n) is 8.20. The Kier molecular flexibility index (Phi) is 5.95. The molecule has 0 unspecified atom stereocenters. The molecule has 1 aromatic rings. The second-order valence-electron chi connectivity index (χ2n) is 6.42. The van der Waals surface area contributed by atoms with Gasteiger partial charge in [0.2, 0.25) is 0 Å². The van der Waals surface area contributed by atoms with Gasteiger partial charge in [-0.25, -0.2) is 4.39 Å². The summed E-state index contributed by atoms with van der Waals surface area (Å²) in [6, 6.07) is 5.74. The molecule has 1 aliphatic rings. The lowest BCUT2D eigenvalue weighted by Crippen LogP contribution is -2.49. The third-order valence-corrected chi connectivity index (χ3v) is 3.98. The highest BCUT2D eigenvalue weighted by Gasteiger charge is 2.31. The lowest BCUT2D eigenvalue weighted by Gasteiger charge is -2.37. The van der Waals surface area contributed by atoms with Crippen molar-refractivity contribution in [2.75, 3.05) is 0 Å². The zero-order valence-electron chi connectivity index (χ0n) is 13.7. The van der Waals surface area contributed by atoms with Gasteiger partial charge in [0.1, 0.15) is 23.5 Å². The molecule has 0 aliphatic heterocycles. The molecular formula is C18H26FNO2. The summed E-state index contributed by atoms with van der Waals surface area (Å²) in [7, 11) is 0. The Labute approximate surface area is 132 Å². The molecule has 1 N–H and O–H groups in total. The molecule has 0 radical (unpaired) electrons. The maximum Gasteiger partial charge on any atom is 0.132 e. The fourth-order valence-corrected chi connectivity index (χ4v) is 2.76. The van der Waals surface area contributed by atoms with E-state index >= 15 is 0 Å². The highest BCUT2D eigenvalue weighted by Crippen LogP contribution is 2.27. The van der Waals surface area contributed by atoms with Crippen molar-refractivity contribution < 1.29 is 13.9 Å². The number of ketones is 1. The molecule has 0 amide bonds. The number of ether oxygens (including phenoxy) is 1. The number of rotatable bonds is 8. The van der Waals surface area contributed by atoms with E-state index < -0.39 is 0 Å². The van der Waals surface area contributed by atoms with Gasteiger partial charge in [-0.1, -0.05) is 20.8 Å². The fraction of sp³-hybridized carbons (Fsp3) is 0.611. The van der Waals surface area contributed by atoms with Crippen LogP contribution in [0.1, 0.15) is 52.0 Å². The molecule has 3 nitrogen and oxygen atoms in total. The second kappa shape index (κ2) is 7.73. The maximum atomic E-state index is 13.7. The molecule has 0 aromatic heterocycles. The summed E-state index contributed by atoms with van der Waals surface area (Å²) in [6.45, 7) is 6.11. The maximum absolute atomic E-state index is 13.7. The molecule has 22 heavy (non-hydrogen) atoms. The Morgan fingerprint density at radius 1 is 1.36 bits per heavy atom. The summed E-state index contributed by atoms with van der Waals surface area (Å²) >= 11 is 0. The Hall–Kier alpha value is -1.42. The molecule has 1 aliphatic carbocycles. The van der Waals surface area contributed by atoms with Crippen LogP contribution in [0.4, 0.5) is 4.39 Å². The number of nitrogens with one attached hydrogen (secondary N) is 1. The molecule has 1 fully saturated rings. The van der Waals surface area contributed by atoms with Crippen molar-refractivity contribution in [3.63, 3.8) is 0 Å². The molecule has 4 heteroatoms. The summed E-state index contributed by atoms with van der Waals surface area (Å²) in [5.74, 6) is 0.480. The predicted octanol–water partition coefficient (Wildman–Crippen LogP) is 3.65. The number of benzene rings is 1. The van der Waals surface area contributed by atoms with E-state index in [0.29, 0.717) is 37.1 Å². The van der Waals surface area contributed by atoms with Crippen molar-refractivity contribution >= 4 is 5.78 Å². The van der Waals surface area contributed by atoms with Gasteiger partial charge in [-0.2, -0.15) is 0 Å². The van der Waals surface area contributed by atoms with Gasteiger partial charge >= 0.3 is 0 Å². The minimum absolute atomic E-state index is 0.156. The number of halogens is 1. The number of aryl methyl sites for hydroxylation is 1. The third-order valence-electron chi connectivity index (χ3n) is 3.98. The lowest BCUT2D eigenvalue weighted by molar-refractivity contribution is -0.118. The third kappa shape index (κ3) is 5.09. The summed E-state index contributed by atoms with van der Waals surface area (Å²) in [6.07, 6.45) is 3.64. The number of hydrogen-bond donors (Lipinski definition) is 1. The summed E-state index contributed by atoms with van der Waals surface area (Å²) in [5, 5.41) is 3.47. The van der Waals surface area contributed by atoms with Crippen molar-refractivity contribution in [2.45, 2.75) is 71.1 Å². The molecular weight excluding hydrogens is 281 g/mol. The van der Waals surface area contributed by atoms with Crippen LogP contribution >= 0.6 is 0 Å². The van der Waals surface area contributed by atoms with Gasteiger partial charge in [0, 0.05) is 31.0 Å². The first-order valence-corrected chi connectivity index (χ1v) is 8.20. The average molecular weight is 307 g/mol. The van der Waals surface area contributed by atoms with Gasteiger partial charge in [0.15, 0.2) is 0 Å². The summed E-state index contributed by atoms with van der Waals surface area (Å²) in [4.78, 5) is 11.4. The first-order chi connectivity index (χ1) is 10.5. The van der Waals surface area contributed by atoms with E-state index in [4.69, 9.17) is 4.74 Å². The van der Waals surface area contributed by atoms with E-state index in [0.717, 1.165) is 18.4 Å². The van der Waals surface area contributed by atoms with E-state index in [2.05, 4.69) is 19.2 Å². The molecule has 0 spiro atoms. The van der Waals surface area contributed by atoms with Crippen LogP contribution in [0, 0.1) is 5.82 Å². The van der Waals surface area contributed by atoms with Crippen LogP contribution in [0.3, 0.4) is 0 Å². The zero-order valence-corrected chi connectivity index (χ0v) is 13.7. The Morgan fingerprint density at radius 2 is 2.09 bits per heavy atom. The predicted molar refractivity (Wildman–Crippen MR) is 85.7 cm³/mol. The van der Waals surface area contributed by atoms with Gasteiger partial charge < -0.3 is 10.1 Å². The van der Waals surface area contributed by atoms with Gasteiger partial charge in [0.05, 0.1) is 0 Å². The van der Waals surface area contributed by atoms with Gasteiger partial charge in [-0.3, -0.25) is 4.79 Å². The first kappa shape index (κ1) is 16.9. The van der Waals surface area contributed by atoms with Crippen LogP contribution in [0.15, 0.2) is 18.2 Å². The largest absolute Gasteiger partial charge is 0.490 e. The topological polar surface area (TPSA) is 38.3 Å². The smallest absolute Gasteiger partial charge is 0.132 e. The molecule has 2 rings (SSSR count). The van der Waals surface area contributed by atoms with E-state index in [1.807, 2.05) is 13.0 Å². The quantitative estimate of drug-likeness (QED) is 0.797. The van der Waals surface area contributed by atoms with E-state index in [1.54, 1.807) is 0 Å². The van der Waals surface area contributed by atoms with Crippen LogP contribution < -0.4 is 10.1 Å². The molecule has 0 saturated heterocycles. The standard InChI is InChI=1S/C18H26FNO2/c1-4-16(21)6-5-13-7-14(19)9-17(8-13)22-18-10-15(11-18)20-12(2)3/h7-9,12,15,18,20H,4-6,10-11H2,1-3H3/t15-,18+. The number of hydrogen-bond acceptors (Lipinski definition) is 3. The monoisotopic (exact) mass is 307 g/mol. The van der Waals surface area contributed by atoms with E-state index in [-0.39, 0.29) is 17.7 Å². The summed E-state index contributed by atoms with van der Waals surface area (Å²) < 4.78 is 19.5. The summed E-state index contributed by atoms with van der Waals surface area (Å²) in [5.41, 5.74) is 0.827. The Balaban J connectivity index is 1.86.